The summed E-state index contributed by atoms with van der Waals surface area (Å²) in [5, 5.41) is 0. The number of hydrogen-bond acceptors (Lipinski definition) is 3. The van der Waals surface area contributed by atoms with Gasteiger partial charge in [-0.3, -0.25) is 14.5 Å². The Morgan fingerprint density at radius 3 is 1.49 bits per heavy atom. The number of imide groups is 1. The summed E-state index contributed by atoms with van der Waals surface area (Å²) in [5.74, 6) is -0.429. The van der Waals surface area contributed by atoms with Gasteiger partial charge in [-0.25, -0.2) is 0 Å². The molecule has 0 N–H and O–H groups in total. The summed E-state index contributed by atoms with van der Waals surface area (Å²) in [4.78, 5) is 27.2. The van der Waals surface area contributed by atoms with E-state index in [-0.39, 0.29) is 11.8 Å². The first-order valence-electron chi connectivity index (χ1n) is 12.0. The molecule has 35 heavy (non-hydrogen) atoms. The molecule has 2 aliphatic rings. The summed E-state index contributed by atoms with van der Waals surface area (Å²) in [6.45, 7) is 0.351. The highest BCUT2D eigenvalue weighted by Gasteiger charge is 2.71. The van der Waals surface area contributed by atoms with Gasteiger partial charge in [0.2, 0.25) is 0 Å². The quantitative estimate of drug-likeness (QED) is 0.254. The van der Waals surface area contributed by atoms with Crippen LogP contribution >= 0.6 is 0 Å². The smallest absolute Gasteiger partial charge is 0.261 e. The molecule has 172 valence electrons. The van der Waals surface area contributed by atoms with Crippen LogP contribution in [0.1, 0.15) is 50.2 Å². The van der Waals surface area contributed by atoms with Crippen LogP contribution in [0.5, 0.6) is 0 Å². The van der Waals surface area contributed by atoms with Crippen molar-refractivity contribution in [1.29, 1.82) is 0 Å². The van der Waals surface area contributed by atoms with Crippen molar-refractivity contribution in [3.05, 3.63) is 143 Å². The second kappa shape index (κ2) is 8.33. The van der Waals surface area contributed by atoms with Gasteiger partial charge in [-0.1, -0.05) is 103 Å². The van der Waals surface area contributed by atoms with Crippen LogP contribution in [0.3, 0.4) is 0 Å². The Labute approximate surface area is 204 Å². The number of fused-ring (bicyclic) bond motifs is 1. The van der Waals surface area contributed by atoms with E-state index >= 15 is 0 Å². The summed E-state index contributed by atoms with van der Waals surface area (Å²) < 4.78 is 6.84. The highest BCUT2D eigenvalue weighted by molar-refractivity contribution is 6.21. The Bertz CT molecular complexity index is 1310. The molecule has 0 radical (unpaired) electrons. The molecule has 2 amide bonds. The van der Waals surface area contributed by atoms with Gasteiger partial charge in [-0.15, -0.1) is 0 Å². The van der Waals surface area contributed by atoms with Crippen molar-refractivity contribution in [3.63, 3.8) is 0 Å². The van der Waals surface area contributed by atoms with Crippen molar-refractivity contribution in [3.8, 4) is 0 Å². The van der Waals surface area contributed by atoms with Crippen LogP contribution in [-0.2, 0) is 15.9 Å². The minimum Gasteiger partial charge on any atom is -0.347 e. The summed E-state index contributed by atoms with van der Waals surface area (Å²) in [6.07, 6.45) is 1.29. The van der Waals surface area contributed by atoms with Crippen LogP contribution in [0.25, 0.3) is 0 Å². The van der Waals surface area contributed by atoms with Gasteiger partial charge in [-0.05, 0) is 41.7 Å². The van der Waals surface area contributed by atoms with E-state index in [1.807, 2.05) is 54.6 Å². The van der Waals surface area contributed by atoms with Gasteiger partial charge in [0.25, 0.3) is 11.8 Å². The fraction of sp³-hybridized carbons (Fsp3) is 0.161. The molecule has 2 heterocycles. The van der Waals surface area contributed by atoms with E-state index in [4.69, 9.17) is 4.74 Å². The molecular formula is C31H25NO3. The molecule has 4 aromatic carbocycles. The lowest BCUT2D eigenvalue weighted by atomic mass is 9.75. The molecule has 1 fully saturated rings. The largest absolute Gasteiger partial charge is 0.347 e. The third kappa shape index (κ3) is 3.25. The van der Waals surface area contributed by atoms with Crippen LogP contribution in [0.4, 0.5) is 0 Å². The van der Waals surface area contributed by atoms with Crippen molar-refractivity contribution in [2.24, 2.45) is 0 Å². The summed E-state index contributed by atoms with van der Waals surface area (Å²) in [5.41, 5.74) is 3.01. The number of carbonyl (C=O) groups excluding carboxylic acids is 2. The number of rotatable bonds is 7. The highest BCUT2D eigenvalue weighted by atomic mass is 16.6. The zero-order valence-electron chi connectivity index (χ0n) is 19.3. The minimum absolute atomic E-state index is 0.214. The second-order valence-electron chi connectivity index (χ2n) is 9.12. The normalized spacial score (nSPS) is 20.1. The van der Waals surface area contributed by atoms with E-state index in [0.29, 0.717) is 30.5 Å². The van der Waals surface area contributed by atoms with Gasteiger partial charge in [0.05, 0.1) is 11.1 Å². The molecule has 0 aliphatic carbocycles. The van der Waals surface area contributed by atoms with Crippen LogP contribution in [-0.4, -0.2) is 23.3 Å². The van der Waals surface area contributed by atoms with Crippen LogP contribution in [0.15, 0.2) is 115 Å². The first kappa shape index (κ1) is 21.5. The summed E-state index contributed by atoms with van der Waals surface area (Å²) in [6, 6.07) is 37.9. The third-order valence-electron chi connectivity index (χ3n) is 7.24. The molecule has 6 rings (SSSR count). The fourth-order valence-corrected chi connectivity index (χ4v) is 5.60. The molecular weight excluding hydrogens is 434 g/mol. The molecule has 0 spiro atoms. The van der Waals surface area contributed by atoms with Crippen LogP contribution < -0.4 is 0 Å². The van der Waals surface area contributed by atoms with Crippen molar-refractivity contribution >= 4 is 11.8 Å². The number of benzene rings is 4. The Morgan fingerprint density at radius 1 is 0.571 bits per heavy atom. The lowest BCUT2D eigenvalue weighted by Gasteiger charge is -2.23. The zero-order valence-corrected chi connectivity index (χ0v) is 19.3. The third-order valence-corrected chi connectivity index (χ3v) is 7.24. The highest BCUT2D eigenvalue weighted by Crippen LogP contribution is 2.67. The topological polar surface area (TPSA) is 49.9 Å². The molecule has 1 unspecified atom stereocenters. The van der Waals surface area contributed by atoms with Crippen LogP contribution in [0.2, 0.25) is 0 Å². The standard InChI is InChI=1S/C31H25NO3/c33-28-26-19-10-11-20-27(26)29(34)32(28)22-12-21-30(23-13-4-1-5-14-23)31(35-30,24-15-6-2-7-16-24)25-17-8-3-9-18-25/h1-11,13-20H,12,21-22H2. The summed E-state index contributed by atoms with van der Waals surface area (Å²) in [7, 11) is 0. The average molecular weight is 460 g/mol. The van der Waals surface area contributed by atoms with Gasteiger partial charge in [0, 0.05) is 6.54 Å². The SMILES string of the molecule is O=C1c2ccccc2C(=O)N1CCCC1(c2ccccc2)OC1(c1ccccc1)c1ccccc1. The predicted octanol–water partition coefficient (Wildman–Crippen LogP) is 5.93. The number of epoxide rings is 1. The maximum Gasteiger partial charge on any atom is 0.261 e. The molecule has 4 nitrogen and oxygen atoms in total. The molecule has 4 heteroatoms. The molecule has 0 saturated carbocycles. The maximum atomic E-state index is 12.9. The number of amides is 2. The van der Waals surface area contributed by atoms with E-state index in [0.717, 1.165) is 16.7 Å². The Hall–Kier alpha value is -4.02. The Kier molecular flexibility index (Phi) is 5.12. The van der Waals surface area contributed by atoms with Crippen molar-refractivity contribution in [2.45, 2.75) is 24.0 Å². The van der Waals surface area contributed by atoms with Gasteiger partial charge in [0.15, 0.2) is 5.60 Å². The molecule has 0 aromatic heterocycles. The van der Waals surface area contributed by atoms with Crippen molar-refractivity contribution in [1.82, 2.24) is 4.90 Å². The molecule has 2 aliphatic heterocycles. The van der Waals surface area contributed by atoms with E-state index in [1.165, 1.54) is 4.90 Å². The molecule has 1 atom stereocenters. The number of carbonyl (C=O) groups is 2. The molecule has 1 saturated heterocycles. The Balaban J connectivity index is 1.35. The summed E-state index contributed by atoms with van der Waals surface area (Å²) >= 11 is 0. The minimum atomic E-state index is -0.640. The van der Waals surface area contributed by atoms with E-state index in [9.17, 15) is 9.59 Å². The fourth-order valence-electron chi connectivity index (χ4n) is 5.60. The van der Waals surface area contributed by atoms with Gasteiger partial charge >= 0.3 is 0 Å². The number of ether oxygens (including phenoxy) is 1. The zero-order chi connectivity index (χ0) is 23.9. The van der Waals surface area contributed by atoms with Gasteiger partial charge < -0.3 is 4.74 Å². The lowest BCUT2D eigenvalue weighted by molar-refractivity contribution is 0.0647. The monoisotopic (exact) mass is 459 g/mol. The van der Waals surface area contributed by atoms with E-state index < -0.39 is 11.2 Å². The van der Waals surface area contributed by atoms with Gasteiger partial charge in [0.1, 0.15) is 5.60 Å². The van der Waals surface area contributed by atoms with E-state index in [1.54, 1.807) is 24.3 Å². The van der Waals surface area contributed by atoms with E-state index in [2.05, 4.69) is 36.4 Å². The lowest BCUT2D eigenvalue weighted by Crippen LogP contribution is -2.32. The Morgan fingerprint density at radius 2 is 1.00 bits per heavy atom. The van der Waals surface area contributed by atoms with Crippen LogP contribution in [0, 0.1) is 0 Å². The van der Waals surface area contributed by atoms with Crippen molar-refractivity contribution in [2.75, 3.05) is 6.54 Å². The first-order chi connectivity index (χ1) is 17.2. The maximum absolute atomic E-state index is 12.9. The predicted molar refractivity (Wildman–Crippen MR) is 134 cm³/mol. The number of nitrogens with zero attached hydrogens (tertiary/aromatic N) is 1. The van der Waals surface area contributed by atoms with Gasteiger partial charge in [-0.2, -0.15) is 0 Å². The average Bonchev–Trinajstić information content (AvgIpc) is 3.56. The number of hydrogen-bond donors (Lipinski definition) is 0. The second-order valence-corrected chi connectivity index (χ2v) is 9.12. The first-order valence-corrected chi connectivity index (χ1v) is 12.0. The molecule has 4 aromatic rings. The molecule has 0 bridgehead atoms. The van der Waals surface area contributed by atoms with Crippen molar-refractivity contribution < 1.29 is 14.3 Å².